The highest BCUT2D eigenvalue weighted by atomic mass is 16.2. The number of aryl methyl sites for hydroxylation is 1. The topological polar surface area (TPSA) is 99.8 Å². The number of hydrogen-bond acceptors (Lipinski definition) is 4. The van der Waals surface area contributed by atoms with Crippen LogP contribution in [0.1, 0.15) is 32.1 Å². The molecule has 126 valence electrons. The summed E-state index contributed by atoms with van der Waals surface area (Å²) < 4.78 is 0. The average Bonchev–Trinajstić information content (AvgIpc) is 3.15. The van der Waals surface area contributed by atoms with Crippen LogP contribution in [0, 0.1) is 6.92 Å². The van der Waals surface area contributed by atoms with Crippen molar-refractivity contribution in [3.8, 4) is 0 Å². The van der Waals surface area contributed by atoms with Crippen LogP contribution < -0.4 is 10.6 Å². The van der Waals surface area contributed by atoms with E-state index in [1.165, 1.54) is 6.33 Å². The molecular formula is C18H17N5O2. The van der Waals surface area contributed by atoms with Gasteiger partial charge in [0.1, 0.15) is 6.33 Å². The summed E-state index contributed by atoms with van der Waals surface area (Å²) >= 11 is 0. The fourth-order valence-electron chi connectivity index (χ4n) is 2.39. The normalized spacial score (nSPS) is 10.3. The highest BCUT2D eigenvalue weighted by Gasteiger charge is 2.15. The highest BCUT2D eigenvalue weighted by Crippen LogP contribution is 2.16. The quantitative estimate of drug-likeness (QED) is 0.666. The van der Waals surface area contributed by atoms with Crippen molar-refractivity contribution in [3.63, 3.8) is 0 Å². The van der Waals surface area contributed by atoms with Crippen LogP contribution >= 0.6 is 0 Å². The van der Waals surface area contributed by atoms with Gasteiger partial charge >= 0.3 is 0 Å². The number of hydrogen-bond donors (Lipinski definition) is 3. The minimum atomic E-state index is -0.462. The zero-order valence-corrected chi connectivity index (χ0v) is 13.6. The molecule has 0 saturated carbocycles. The van der Waals surface area contributed by atoms with E-state index in [9.17, 15) is 9.59 Å². The Labute approximate surface area is 144 Å². The Balaban J connectivity index is 1.71. The van der Waals surface area contributed by atoms with Gasteiger partial charge in [0, 0.05) is 6.54 Å². The summed E-state index contributed by atoms with van der Waals surface area (Å²) in [4.78, 5) is 28.4. The average molecular weight is 335 g/mol. The highest BCUT2D eigenvalue weighted by molar-refractivity contribution is 6.07. The van der Waals surface area contributed by atoms with E-state index in [0.717, 1.165) is 11.1 Å². The molecule has 0 atom stereocenters. The van der Waals surface area contributed by atoms with Gasteiger partial charge in [-0.25, -0.2) is 4.98 Å². The first-order valence-electron chi connectivity index (χ1n) is 7.73. The fraction of sp³-hybridized carbons (Fsp3) is 0.111. The summed E-state index contributed by atoms with van der Waals surface area (Å²) in [5, 5.41) is 11.7. The number of nitrogens with zero attached hydrogens (tertiary/aromatic N) is 2. The Morgan fingerprint density at radius 2 is 1.92 bits per heavy atom. The fourth-order valence-corrected chi connectivity index (χ4v) is 2.39. The predicted molar refractivity (Wildman–Crippen MR) is 93.1 cm³/mol. The molecule has 0 radical (unpaired) electrons. The zero-order valence-electron chi connectivity index (χ0n) is 13.6. The molecule has 3 rings (SSSR count). The van der Waals surface area contributed by atoms with Gasteiger partial charge in [0.15, 0.2) is 0 Å². The second-order valence-corrected chi connectivity index (χ2v) is 5.51. The number of aromatic nitrogens is 3. The molecule has 25 heavy (non-hydrogen) atoms. The van der Waals surface area contributed by atoms with E-state index >= 15 is 0 Å². The first-order chi connectivity index (χ1) is 12.1. The molecule has 3 aromatic rings. The van der Waals surface area contributed by atoms with E-state index in [0.29, 0.717) is 17.8 Å². The third-order valence-electron chi connectivity index (χ3n) is 3.59. The van der Waals surface area contributed by atoms with Crippen LogP contribution in [0.4, 0.5) is 5.69 Å². The van der Waals surface area contributed by atoms with E-state index in [2.05, 4.69) is 25.8 Å². The molecule has 0 unspecified atom stereocenters. The maximum absolute atomic E-state index is 12.5. The lowest BCUT2D eigenvalue weighted by molar-refractivity contribution is 0.0952. The number of benzene rings is 2. The molecule has 1 aromatic heterocycles. The molecule has 7 nitrogen and oxygen atoms in total. The van der Waals surface area contributed by atoms with Gasteiger partial charge in [0.2, 0.25) is 5.82 Å². The predicted octanol–water partition coefficient (Wildman–Crippen LogP) is 2.30. The summed E-state index contributed by atoms with van der Waals surface area (Å²) in [7, 11) is 0. The third kappa shape index (κ3) is 4.08. The van der Waals surface area contributed by atoms with E-state index < -0.39 is 5.91 Å². The van der Waals surface area contributed by atoms with Crippen molar-refractivity contribution in [1.29, 1.82) is 0 Å². The van der Waals surface area contributed by atoms with Crippen molar-refractivity contribution in [2.24, 2.45) is 0 Å². The van der Waals surface area contributed by atoms with Gasteiger partial charge in [-0.15, -0.1) is 0 Å². The molecule has 0 aliphatic carbocycles. The Hall–Kier alpha value is -3.48. The summed E-state index contributed by atoms with van der Waals surface area (Å²) in [6, 6.07) is 14.7. The van der Waals surface area contributed by atoms with Gasteiger partial charge in [-0.1, -0.05) is 42.0 Å². The number of H-pyrrole nitrogens is 1. The van der Waals surface area contributed by atoms with Crippen LogP contribution in [0.5, 0.6) is 0 Å². The summed E-state index contributed by atoms with van der Waals surface area (Å²) in [5.74, 6) is -0.651. The van der Waals surface area contributed by atoms with Crippen LogP contribution in [-0.4, -0.2) is 27.0 Å². The lowest BCUT2D eigenvalue weighted by Crippen LogP contribution is -2.25. The SMILES string of the molecule is Cc1cccc(CNC(=O)c2ccccc2NC(=O)c2ncn[nH]2)c1. The van der Waals surface area contributed by atoms with E-state index in [1.54, 1.807) is 24.3 Å². The Kier molecular flexibility index (Phi) is 4.84. The number of nitrogens with one attached hydrogen (secondary N) is 3. The van der Waals surface area contributed by atoms with Crippen molar-refractivity contribution >= 4 is 17.5 Å². The Morgan fingerprint density at radius 3 is 2.68 bits per heavy atom. The number of anilines is 1. The minimum Gasteiger partial charge on any atom is -0.348 e. The number of rotatable bonds is 5. The summed E-state index contributed by atoms with van der Waals surface area (Å²) in [6.07, 6.45) is 1.25. The van der Waals surface area contributed by atoms with Gasteiger partial charge in [-0.2, -0.15) is 5.10 Å². The number of carbonyl (C=O) groups is 2. The molecule has 0 bridgehead atoms. The van der Waals surface area contributed by atoms with E-state index in [4.69, 9.17) is 0 Å². The van der Waals surface area contributed by atoms with Crippen LogP contribution in [0.2, 0.25) is 0 Å². The first-order valence-corrected chi connectivity index (χ1v) is 7.73. The molecule has 0 saturated heterocycles. The molecule has 2 aromatic carbocycles. The largest absolute Gasteiger partial charge is 0.348 e. The van der Waals surface area contributed by atoms with Gasteiger partial charge in [0.25, 0.3) is 11.8 Å². The number of para-hydroxylation sites is 1. The number of amides is 2. The van der Waals surface area contributed by atoms with Crippen molar-refractivity contribution < 1.29 is 9.59 Å². The summed E-state index contributed by atoms with van der Waals surface area (Å²) in [6.45, 7) is 2.41. The van der Waals surface area contributed by atoms with Crippen LogP contribution in [0.3, 0.4) is 0 Å². The molecule has 0 fully saturated rings. The van der Waals surface area contributed by atoms with Gasteiger partial charge in [0.05, 0.1) is 11.3 Å². The van der Waals surface area contributed by atoms with Crippen molar-refractivity contribution in [3.05, 3.63) is 77.4 Å². The lowest BCUT2D eigenvalue weighted by Gasteiger charge is -2.11. The molecule has 2 amide bonds. The van der Waals surface area contributed by atoms with Crippen LogP contribution in [0.25, 0.3) is 0 Å². The summed E-state index contributed by atoms with van der Waals surface area (Å²) in [5.41, 5.74) is 2.93. The van der Waals surface area contributed by atoms with E-state index in [1.807, 2.05) is 31.2 Å². The molecule has 3 N–H and O–H groups in total. The Morgan fingerprint density at radius 1 is 1.08 bits per heavy atom. The maximum atomic E-state index is 12.5. The van der Waals surface area contributed by atoms with Gasteiger partial charge < -0.3 is 10.6 Å². The van der Waals surface area contributed by atoms with Gasteiger partial charge in [-0.05, 0) is 24.6 Å². The zero-order chi connectivity index (χ0) is 17.6. The lowest BCUT2D eigenvalue weighted by atomic mass is 10.1. The van der Waals surface area contributed by atoms with Gasteiger partial charge in [-0.3, -0.25) is 14.7 Å². The Bertz CT molecular complexity index is 890. The van der Waals surface area contributed by atoms with Crippen LogP contribution in [0.15, 0.2) is 54.9 Å². The monoisotopic (exact) mass is 335 g/mol. The third-order valence-corrected chi connectivity index (χ3v) is 3.59. The number of aromatic amines is 1. The molecule has 0 spiro atoms. The van der Waals surface area contributed by atoms with Crippen LogP contribution in [-0.2, 0) is 6.54 Å². The molecule has 1 heterocycles. The first kappa shape index (κ1) is 16.4. The van der Waals surface area contributed by atoms with Crippen molar-refractivity contribution in [2.75, 3.05) is 5.32 Å². The number of carbonyl (C=O) groups excluding carboxylic acids is 2. The molecule has 0 aliphatic rings. The smallest absolute Gasteiger partial charge is 0.293 e. The second kappa shape index (κ2) is 7.39. The maximum Gasteiger partial charge on any atom is 0.293 e. The second-order valence-electron chi connectivity index (χ2n) is 5.51. The van der Waals surface area contributed by atoms with Crippen molar-refractivity contribution in [2.45, 2.75) is 13.5 Å². The minimum absolute atomic E-state index is 0.0787. The molecule has 0 aliphatic heterocycles. The standard InChI is InChI=1S/C18H17N5O2/c1-12-5-4-6-13(9-12)10-19-17(24)14-7-2-3-8-15(14)22-18(25)16-20-11-21-23-16/h2-9,11H,10H2,1H3,(H,19,24)(H,22,25)(H,20,21,23). The van der Waals surface area contributed by atoms with E-state index in [-0.39, 0.29) is 11.7 Å². The van der Waals surface area contributed by atoms with Crippen molar-refractivity contribution in [1.82, 2.24) is 20.5 Å². The molecule has 7 heteroatoms. The molecular weight excluding hydrogens is 318 g/mol.